The molecule has 2 nitrogen and oxygen atoms in total. The fraction of sp³-hybridized carbons (Fsp3) is 0.333. The molecule has 0 aliphatic carbocycles. The van der Waals surface area contributed by atoms with Crippen molar-refractivity contribution < 1.29 is 8.78 Å². The number of aromatic nitrogens is 1. The van der Waals surface area contributed by atoms with Crippen LogP contribution in [0.5, 0.6) is 0 Å². The van der Waals surface area contributed by atoms with E-state index in [0.29, 0.717) is 0 Å². The second kappa shape index (κ2) is 4.22. The summed E-state index contributed by atoms with van der Waals surface area (Å²) in [6.07, 6.45) is -2.68. The van der Waals surface area contributed by atoms with E-state index in [9.17, 15) is 8.78 Å². The highest BCUT2D eigenvalue weighted by Crippen LogP contribution is 2.29. The maximum Gasteiger partial charge on any atom is 0.240 e. The number of para-hydroxylation sites is 1. The summed E-state index contributed by atoms with van der Waals surface area (Å²) in [4.78, 5) is 3.16. The minimum absolute atomic E-state index is 0.303. The second-order valence-corrected chi connectivity index (χ2v) is 3.94. The van der Waals surface area contributed by atoms with Crippen LogP contribution in [0.15, 0.2) is 24.3 Å². The van der Waals surface area contributed by atoms with Gasteiger partial charge in [0.25, 0.3) is 0 Å². The predicted molar refractivity (Wildman–Crippen MR) is 60.6 cm³/mol. The van der Waals surface area contributed by atoms with Crippen molar-refractivity contribution in [1.82, 2.24) is 4.98 Å². The third kappa shape index (κ3) is 1.93. The van der Waals surface area contributed by atoms with Crippen molar-refractivity contribution >= 4 is 10.9 Å². The third-order valence-electron chi connectivity index (χ3n) is 2.75. The van der Waals surface area contributed by atoms with Gasteiger partial charge < -0.3 is 10.7 Å². The maximum atomic E-state index is 12.3. The summed E-state index contributed by atoms with van der Waals surface area (Å²) in [5, 5.41) is 0.938. The number of halogens is 2. The van der Waals surface area contributed by atoms with Crippen LogP contribution in [-0.4, -0.2) is 11.4 Å². The molecule has 1 atom stereocenters. The zero-order valence-electron chi connectivity index (χ0n) is 9.00. The molecule has 4 heteroatoms. The molecular formula is C12H14F2N2. The standard InChI is InChI=1S/C12H14F2N2/c1-7-12(9(15)6-11(13)14)8-4-2-3-5-10(8)16-7/h2-5,9,11,16H,6,15H2,1H3/t9-/m0/s1. The van der Waals surface area contributed by atoms with Gasteiger partial charge in [0.05, 0.1) is 0 Å². The van der Waals surface area contributed by atoms with Crippen molar-refractivity contribution in [3.63, 3.8) is 0 Å². The number of alkyl halides is 2. The van der Waals surface area contributed by atoms with Crippen molar-refractivity contribution in [2.75, 3.05) is 0 Å². The smallest absolute Gasteiger partial charge is 0.240 e. The maximum absolute atomic E-state index is 12.3. The Morgan fingerprint density at radius 1 is 1.31 bits per heavy atom. The fourth-order valence-corrected chi connectivity index (χ4v) is 2.09. The number of aromatic amines is 1. The van der Waals surface area contributed by atoms with E-state index in [1.54, 1.807) is 0 Å². The molecule has 2 aromatic rings. The van der Waals surface area contributed by atoms with E-state index in [1.165, 1.54) is 0 Å². The first-order valence-electron chi connectivity index (χ1n) is 5.20. The normalized spacial score (nSPS) is 13.6. The average Bonchev–Trinajstić information content (AvgIpc) is 2.52. The van der Waals surface area contributed by atoms with Crippen LogP contribution in [0.2, 0.25) is 0 Å². The van der Waals surface area contributed by atoms with E-state index in [2.05, 4.69) is 4.98 Å². The molecule has 0 aliphatic rings. The van der Waals surface area contributed by atoms with Gasteiger partial charge in [-0.1, -0.05) is 18.2 Å². The monoisotopic (exact) mass is 224 g/mol. The van der Waals surface area contributed by atoms with E-state index in [-0.39, 0.29) is 6.42 Å². The first-order chi connectivity index (χ1) is 7.59. The highest BCUT2D eigenvalue weighted by Gasteiger charge is 2.18. The average molecular weight is 224 g/mol. The number of fused-ring (bicyclic) bond motifs is 1. The van der Waals surface area contributed by atoms with Crippen molar-refractivity contribution in [3.8, 4) is 0 Å². The van der Waals surface area contributed by atoms with Gasteiger partial charge in [0.1, 0.15) is 0 Å². The zero-order chi connectivity index (χ0) is 11.7. The van der Waals surface area contributed by atoms with Crippen LogP contribution in [0, 0.1) is 6.92 Å². The van der Waals surface area contributed by atoms with Crippen LogP contribution in [0.1, 0.15) is 23.7 Å². The van der Waals surface area contributed by atoms with Crippen LogP contribution in [-0.2, 0) is 0 Å². The van der Waals surface area contributed by atoms with Crippen molar-refractivity contribution in [2.45, 2.75) is 25.8 Å². The Labute approximate surface area is 92.5 Å². The molecule has 3 N–H and O–H groups in total. The summed E-state index contributed by atoms with van der Waals surface area (Å²) >= 11 is 0. The molecule has 86 valence electrons. The summed E-state index contributed by atoms with van der Waals surface area (Å²) in [7, 11) is 0. The Bertz CT molecular complexity index is 491. The summed E-state index contributed by atoms with van der Waals surface area (Å²) < 4.78 is 24.6. The van der Waals surface area contributed by atoms with Crippen LogP contribution < -0.4 is 5.73 Å². The highest BCUT2D eigenvalue weighted by molar-refractivity contribution is 5.85. The highest BCUT2D eigenvalue weighted by atomic mass is 19.3. The Balaban J connectivity index is 2.46. The molecule has 0 spiro atoms. The van der Waals surface area contributed by atoms with Crippen molar-refractivity contribution in [1.29, 1.82) is 0 Å². The van der Waals surface area contributed by atoms with E-state index in [1.807, 2.05) is 31.2 Å². The largest absolute Gasteiger partial charge is 0.358 e. The number of nitrogens with one attached hydrogen (secondary N) is 1. The van der Waals surface area contributed by atoms with Gasteiger partial charge in [-0.2, -0.15) is 0 Å². The summed E-state index contributed by atoms with van der Waals surface area (Å²) in [5.74, 6) is 0. The Morgan fingerprint density at radius 3 is 2.69 bits per heavy atom. The van der Waals surface area contributed by atoms with Crippen LogP contribution in [0.25, 0.3) is 10.9 Å². The lowest BCUT2D eigenvalue weighted by atomic mass is 10.0. The molecule has 0 amide bonds. The lowest BCUT2D eigenvalue weighted by molar-refractivity contribution is 0.128. The summed E-state index contributed by atoms with van der Waals surface area (Å²) in [6.45, 7) is 1.86. The van der Waals surface area contributed by atoms with Gasteiger partial charge in [-0.15, -0.1) is 0 Å². The number of nitrogens with two attached hydrogens (primary N) is 1. The quantitative estimate of drug-likeness (QED) is 0.826. The van der Waals surface area contributed by atoms with Gasteiger partial charge in [0.2, 0.25) is 6.43 Å². The number of H-pyrrole nitrogens is 1. The lowest BCUT2D eigenvalue weighted by Gasteiger charge is -2.11. The Morgan fingerprint density at radius 2 is 2.00 bits per heavy atom. The molecule has 2 rings (SSSR count). The first kappa shape index (κ1) is 11.1. The Hall–Kier alpha value is -1.42. The molecular weight excluding hydrogens is 210 g/mol. The molecule has 0 aliphatic heterocycles. The van der Waals surface area contributed by atoms with Gasteiger partial charge in [-0.25, -0.2) is 8.78 Å². The van der Waals surface area contributed by atoms with Gasteiger partial charge in [0, 0.05) is 29.1 Å². The molecule has 16 heavy (non-hydrogen) atoms. The van der Waals surface area contributed by atoms with Gasteiger partial charge >= 0.3 is 0 Å². The summed E-state index contributed by atoms with van der Waals surface area (Å²) in [5.41, 5.74) is 8.42. The molecule has 1 aromatic heterocycles. The minimum atomic E-state index is -2.37. The molecule has 0 radical (unpaired) electrons. The topological polar surface area (TPSA) is 41.8 Å². The molecule has 0 unspecified atom stereocenters. The number of benzene rings is 1. The number of hydrogen-bond acceptors (Lipinski definition) is 1. The zero-order valence-corrected chi connectivity index (χ0v) is 9.00. The summed E-state index contributed by atoms with van der Waals surface area (Å²) in [6, 6.07) is 6.99. The first-order valence-corrected chi connectivity index (χ1v) is 5.20. The van der Waals surface area contributed by atoms with E-state index >= 15 is 0 Å². The van der Waals surface area contributed by atoms with E-state index in [0.717, 1.165) is 22.2 Å². The number of rotatable bonds is 3. The van der Waals surface area contributed by atoms with Crippen LogP contribution in [0.4, 0.5) is 8.78 Å². The van der Waals surface area contributed by atoms with E-state index in [4.69, 9.17) is 5.73 Å². The molecule has 0 saturated heterocycles. The lowest BCUT2D eigenvalue weighted by Crippen LogP contribution is -2.14. The van der Waals surface area contributed by atoms with E-state index < -0.39 is 12.5 Å². The van der Waals surface area contributed by atoms with Gasteiger partial charge in [-0.3, -0.25) is 0 Å². The SMILES string of the molecule is Cc1[nH]c2ccccc2c1[C@@H](N)CC(F)F. The Kier molecular flexibility index (Phi) is 2.92. The molecule has 0 bridgehead atoms. The second-order valence-electron chi connectivity index (χ2n) is 3.94. The number of aryl methyl sites for hydroxylation is 1. The van der Waals surface area contributed by atoms with Crippen molar-refractivity contribution in [2.24, 2.45) is 5.73 Å². The third-order valence-corrected chi connectivity index (χ3v) is 2.75. The van der Waals surface area contributed by atoms with Crippen LogP contribution in [0.3, 0.4) is 0 Å². The number of hydrogen-bond donors (Lipinski definition) is 2. The molecule has 1 heterocycles. The van der Waals surface area contributed by atoms with Gasteiger partial charge in [-0.05, 0) is 18.6 Å². The molecule has 0 saturated carbocycles. The van der Waals surface area contributed by atoms with Crippen molar-refractivity contribution in [3.05, 3.63) is 35.5 Å². The molecule has 0 fully saturated rings. The van der Waals surface area contributed by atoms with Gasteiger partial charge in [0.15, 0.2) is 0 Å². The van der Waals surface area contributed by atoms with Crippen LogP contribution >= 0.6 is 0 Å². The molecule has 1 aromatic carbocycles. The minimum Gasteiger partial charge on any atom is -0.358 e. The fourth-order valence-electron chi connectivity index (χ4n) is 2.09. The predicted octanol–water partition coefficient (Wildman–Crippen LogP) is 3.13.